The zero-order chi connectivity index (χ0) is 18.5. The molecule has 1 aromatic heterocycles. The standard InChI is InChI=1S/C20H26N4O2/c1-14(2)26-18-7-5-4-6-16(18)23-20(25)17-12-22-19(13-21-17)24-10-8-15(3)9-11-24/h4-7,12-15H,8-11H2,1-3H3,(H,23,25). The second-order valence-electron chi connectivity index (χ2n) is 7.05. The molecule has 1 N–H and O–H groups in total. The first-order chi connectivity index (χ1) is 12.5. The van der Waals surface area contributed by atoms with E-state index in [1.807, 2.05) is 38.1 Å². The summed E-state index contributed by atoms with van der Waals surface area (Å²) in [7, 11) is 0. The number of hydrogen-bond donors (Lipinski definition) is 1. The third-order valence-corrected chi connectivity index (χ3v) is 4.48. The zero-order valence-corrected chi connectivity index (χ0v) is 15.6. The number of carbonyl (C=O) groups excluding carboxylic acids is 1. The largest absolute Gasteiger partial charge is 0.489 e. The van der Waals surface area contributed by atoms with Gasteiger partial charge in [0.2, 0.25) is 0 Å². The Labute approximate surface area is 154 Å². The molecule has 1 aliphatic rings. The van der Waals surface area contributed by atoms with E-state index in [9.17, 15) is 4.79 Å². The summed E-state index contributed by atoms with van der Waals surface area (Å²) in [5.41, 5.74) is 0.917. The summed E-state index contributed by atoms with van der Waals surface area (Å²) in [5, 5.41) is 2.86. The number of piperidine rings is 1. The molecule has 0 unspecified atom stereocenters. The third-order valence-electron chi connectivity index (χ3n) is 4.48. The summed E-state index contributed by atoms with van der Waals surface area (Å²) in [6.07, 6.45) is 5.57. The Kier molecular flexibility index (Phi) is 5.71. The molecule has 0 saturated carbocycles. The van der Waals surface area contributed by atoms with Crippen LogP contribution >= 0.6 is 0 Å². The number of aromatic nitrogens is 2. The third kappa shape index (κ3) is 4.50. The van der Waals surface area contributed by atoms with Gasteiger partial charge in [0.25, 0.3) is 5.91 Å². The van der Waals surface area contributed by atoms with Crippen LogP contribution in [0.5, 0.6) is 5.75 Å². The quantitative estimate of drug-likeness (QED) is 0.886. The number of rotatable bonds is 5. The molecule has 2 aromatic rings. The van der Waals surface area contributed by atoms with Crippen molar-refractivity contribution in [1.29, 1.82) is 0 Å². The molecule has 3 rings (SSSR count). The number of carbonyl (C=O) groups is 1. The van der Waals surface area contributed by atoms with Gasteiger partial charge in [0.05, 0.1) is 24.2 Å². The summed E-state index contributed by atoms with van der Waals surface area (Å²) >= 11 is 0. The molecule has 1 aliphatic heterocycles. The van der Waals surface area contributed by atoms with E-state index in [0.29, 0.717) is 17.1 Å². The van der Waals surface area contributed by atoms with Crippen LogP contribution in [0.4, 0.5) is 11.5 Å². The van der Waals surface area contributed by atoms with E-state index < -0.39 is 0 Å². The number of anilines is 2. The molecule has 0 atom stereocenters. The van der Waals surface area contributed by atoms with Crippen LogP contribution in [0.2, 0.25) is 0 Å². The first-order valence-corrected chi connectivity index (χ1v) is 9.17. The Morgan fingerprint density at radius 1 is 1.19 bits per heavy atom. The Morgan fingerprint density at radius 2 is 1.92 bits per heavy atom. The van der Waals surface area contributed by atoms with Gasteiger partial charge in [-0.1, -0.05) is 19.1 Å². The van der Waals surface area contributed by atoms with Crippen LogP contribution in [0.3, 0.4) is 0 Å². The minimum atomic E-state index is -0.295. The van der Waals surface area contributed by atoms with Crippen LogP contribution in [0.25, 0.3) is 0 Å². The summed E-state index contributed by atoms with van der Waals surface area (Å²) in [4.78, 5) is 23.5. The molecular formula is C20H26N4O2. The first kappa shape index (κ1) is 18.2. The van der Waals surface area contributed by atoms with Crippen LogP contribution in [0.15, 0.2) is 36.7 Å². The van der Waals surface area contributed by atoms with Crippen molar-refractivity contribution in [2.45, 2.75) is 39.7 Å². The highest BCUT2D eigenvalue weighted by Gasteiger charge is 2.18. The van der Waals surface area contributed by atoms with E-state index in [2.05, 4.69) is 27.1 Å². The molecule has 0 spiro atoms. The van der Waals surface area contributed by atoms with Crippen molar-refractivity contribution in [1.82, 2.24) is 9.97 Å². The number of ether oxygens (including phenoxy) is 1. The number of nitrogens with zero attached hydrogens (tertiary/aromatic N) is 3. The lowest BCUT2D eigenvalue weighted by Gasteiger charge is -2.30. The SMILES string of the molecule is CC1CCN(c2cnc(C(=O)Nc3ccccc3OC(C)C)cn2)CC1. The number of hydrogen-bond acceptors (Lipinski definition) is 5. The lowest BCUT2D eigenvalue weighted by molar-refractivity contribution is 0.102. The summed E-state index contributed by atoms with van der Waals surface area (Å²) < 4.78 is 5.73. The number of nitrogens with one attached hydrogen (secondary N) is 1. The van der Waals surface area contributed by atoms with Crippen molar-refractivity contribution in [2.75, 3.05) is 23.3 Å². The molecule has 0 bridgehead atoms. The molecule has 6 nitrogen and oxygen atoms in total. The molecular weight excluding hydrogens is 328 g/mol. The highest BCUT2D eigenvalue weighted by molar-refractivity contribution is 6.03. The van der Waals surface area contributed by atoms with Crippen LogP contribution in [-0.2, 0) is 0 Å². The van der Waals surface area contributed by atoms with Crippen molar-refractivity contribution >= 4 is 17.4 Å². The minimum absolute atomic E-state index is 0.0272. The molecule has 0 radical (unpaired) electrons. The maximum absolute atomic E-state index is 12.5. The van der Waals surface area contributed by atoms with Gasteiger partial charge in [-0.25, -0.2) is 9.97 Å². The van der Waals surface area contributed by atoms with E-state index in [1.54, 1.807) is 6.20 Å². The van der Waals surface area contributed by atoms with Gasteiger partial charge < -0.3 is 15.0 Å². The molecule has 1 saturated heterocycles. The van der Waals surface area contributed by atoms with E-state index in [1.165, 1.54) is 6.20 Å². The van der Waals surface area contributed by atoms with E-state index in [-0.39, 0.29) is 12.0 Å². The Bertz CT molecular complexity index is 738. The molecule has 1 aromatic carbocycles. The van der Waals surface area contributed by atoms with Gasteiger partial charge in [0.1, 0.15) is 17.3 Å². The predicted molar refractivity (Wildman–Crippen MR) is 103 cm³/mol. The Morgan fingerprint density at radius 3 is 2.58 bits per heavy atom. The fourth-order valence-electron chi connectivity index (χ4n) is 2.95. The normalized spacial score (nSPS) is 15.2. The first-order valence-electron chi connectivity index (χ1n) is 9.17. The van der Waals surface area contributed by atoms with Crippen molar-refractivity contribution in [3.05, 3.63) is 42.4 Å². The summed E-state index contributed by atoms with van der Waals surface area (Å²) in [6, 6.07) is 7.38. The molecule has 6 heteroatoms. The molecule has 0 aliphatic carbocycles. The van der Waals surface area contributed by atoms with E-state index in [4.69, 9.17) is 4.74 Å². The average Bonchev–Trinajstić information content (AvgIpc) is 2.64. The van der Waals surface area contributed by atoms with Crippen molar-refractivity contribution < 1.29 is 9.53 Å². The highest BCUT2D eigenvalue weighted by Crippen LogP contribution is 2.25. The fraction of sp³-hybridized carbons (Fsp3) is 0.450. The number of para-hydroxylation sites is 2. The van der Waals surface area contributed by atoms with Gasteiger partial charge in [-0.05, 0) is 44.7 Å². The van der Waals surface area contributed by atoms with Crippen LogP contribution in [0.1, 0.15) is 44.1 Å². The molecule has 1 fully saturated rings. The molecule has 138 valence electrons. The maximum Gasteiger partial charge on any atom is 0.275 e. The monoisotopic (exact) mass is 354 g/mol. The van der Waals surface area contributed by atoms with Crippen molar-refractivity contribution in [3.8, 4) is 5.75 Å². The van der Waals surface area contributed by atoms with Gasteiger partial charge in [-0.2, -0.15) is 0 Å². The van der Waals surface area contributed by atoms with Crippen molar-refractivity contribution in [3.63, 3.8) is 0 Å². The van der Waals surface area contributed by atoms with Crippen LogP contribution in [-0.4, -0.2) is 35.1 Å². The van der Waals surface area contributed by atoms with Gasteiger partial charge in [0, 0.05) is 13.1 Å². The minimum Gasteiger partial charge on any atom is -0.489 e. The average molecular weight is 354 g/mol. The maximum atomic E-state index is 12.5. The van der Waals surface area contributed by atoms with E-state index in [0.717, 1.165) is 37.7 Å². The smallest absolute Gasteiger partial charge is 0.275 e. The van der Waals surface area contributed by atoms with E-state index >= 15 is 0 Å². The highest BCUT2D eigenvalue weighted by atomic mass is 16.5. The predicted octanol–water partition coefficient (Wildman–Crippen LogP) is 3.75. The zero-order valence-electron chi connectivity index (χ0n) is 15.6. The Balaban J connectivity index is 1.67. The molecule has 2 heterocycles. The van der Waals surface area contributed by atoms with Crippen molar-refractivity contribution in [2.24, 2.45) is 5.92 Å². The van der Waals surface area contributed by atoms with Gasteiger partial charge >= 0.3 is 0 Å². The summed E-state index contributed by atoms with van der Waals surface area (Å²) in [5.74, 6) is 1.94. The second kappa shape index (κ2) is 8.17. The molecule has 26 heavy (non-hydrogen) atoms. The van der Waals surface area contributed by atoms with Crippen LogP contribution < -0.4 is 15.0 Å². The number of benzene rings is 1. The van der Waals surface area contributed by atoms with Crippen LogP contribution in [0, 0.1) is 5.92 Å². The summed E-state index contributed by atoms with van der Waals surface area (Å²) in [6.45, 7) is 8.15. The fourth-order valence-corrected chi connectivity index (χ4v) is 2.95. The number of amides is 1. The second-order valence-corrected chi connectivity index (χ2v) is 7.05. The van der Waals surface area contributed by atoms with Gasteiger partial charge in [-0.3, -0.25) is 4.79 Å². The molecule has 1 amide bonds. The topological polar surface area (TPSA) is 67.4 Å². The van der Waals surface area contributed by atoms with Gasteiger partial charge in [0.15, 0.2) is 0 Å². The lowest BCUT2D eigenvalue weighted by Crippen LogP contribution is -2.33. The lowest BCUT2D eigenvalue weighted by atomic mass is 9.99. The van der Waals surface area contributed by atoms with Gasteiger partial charge in [-0.15, -0.1) is 0 Å². The Hall–Kier alpha value is -2.63.